The van der Waals surface area contributed by atoms with Gasteiger partial charge in [0.2, 0.25) is 0 Å². The third kappa shape index (κ3) is 19.6. The molecule has 0 bridgehead atoms. The van der Waals surface area contributed by atoms with Gasteiger partial charge in [0.05, 0.1) is 31.5 Å². The fourth-order valence-corrected chi connectivity index (χ4v) is 5.77. The van der Waals surface area contributed by atoms with E-state index in [1.54, 1.807) is 0 Å². The molecule has 1 aliphatic heterocycles. The average molecular weight is 649 g/mol. The second-order valence-corrected chi connectivity index (χ2v) is 13.3. The van der Waals surface area contributed by atoms with E-state index in [1.807, 2.05) is 6.92 Å². The lowest BCUT2D eigenvalue weighted by molar-refractivity contribution is -0.302. The van der Waals surface area contributed by atoms with E-state index in [-0.39, 0.29) is 12.6 Å². The van der Waals surface area contributed by atoms with Crippen LogP contribution in [0.3, 0.4) is 0 Å². The predicted molar refractivity (Wildman–Crippen MR) is 175 cm³/mol. The van der Waals surface area contributed by atoms with Crippen molar-refractivity contribution in [2.75, 3.05) is 13.2 Å². The van der Waals surface area contributed by atoms with Crippen molar-refractivity contribution in [1.82, 2.24) is 0 Å². The van der Waals surface area contributed by atoms with Crippen LogP contribution in [0.1, 0.15) is 142 Å². The number of nitrogens with two attached hydrogens (primary N) is 2. The molecule has 10 N–H and O–H groups in total. The maximum atomic E-state index is 12.1. The van der Waals surface area contributed by atoms with Gasteiger partial charge in [-0.15, -0.1) is 0 Å². The van der Waals surface area contributed by atoms with Gasteiger partial charge in [-0.2, -0.15) is 0 Å². The summed E-state index contributed by atoms with van der Waals surface area (Å²) >= 11 is 0. The van der Waals surface area contributed by atoms with Crippen LogP contribution < -0.4 is 11.5 Å². The highest BCUT2D eigenvalue weighted by Crippen LogP contribution is 2.22. The van der Waals surface area contributed by atoms with E-state index in [0.717, 1.165) is 77.0 Å². The van der Waals surface area contributed by atoms with Crippen LogP contribution in [0.2, 0.25) is 0 Å². The molecule has 9 unspecified atom stereocenters. The van der Waals surface area contributed by atoms with Gasteiger partial charge >= 0.3 is 0 Å². The summed E-state index contributed by atoms with van der Waals surface area (Å²) in [7, 11) is 0. The predicted octanol–water partition coefficient (Wildman–Crippen LogP) is 2.96. The highest BCUT2D eigenvalue weighted by Gasteiger charge is 2.44. The number of aliphatic hydroxyl groups excluding tert-OH is 6. The number of rotatable bonds is 29. The zero-order valence-electron chi connectivity index (χ0n) is 28.0. The molecule has 0 amide bonds. The number of carbonyl (C=O) groups is 1. The summed E-state index contributed by atoms with van der Waals surface area (Å²) < 4.78 is 10.7. The van der Waals surface area contributed by atoms with Crippen molar-refractivity contribution in [3.8, 4) is 0 Å². The molecule has 11 heteroatoms. The summed E-state index contributed by atoms with van der Waals surface area (Å²) in [5, 5.41) is 59.0. The Bertz CT molecular complexity index is 715. The van der Waals surface area contributed by atoms with Crippen molar-refractivity contribution in [3.05, 3.63) is 0 Å². The van der Waals surface area contributed by atoms with Crippen LogP contribution in [0.15, 0.2) is 0 Å². The second kappa shape index (κ2) is 26.3. The third-order valence-corrected chi connectivity index (χ3v) is 9.06. The van der Waals surface area contributed by atoms with Crippen LogP contribution in [-0.4, -0.2) is 105 Å². The summed E-state index contributed by atoms with van der Waals surface area (Å²) in [4.78, 5) is 12.1. The van der Waals surface area contributed by atoms with E-state index in [9.17, 15) is 35.4 Å². The molecule has 0 spiro atoms. The molecular weight excluding hydrogens is 580 g/mol. The molecule has 0 saturated carbocycles. The van der Waals surface area contributed by atoms with E-state index >= 15 is 0 Å². The largest absolute Gasteiger partial charge is 0.394 e. The summed E-state index contributed by atoms with van der Waals surface area (Å²) in [6.07, 6.45) is 13.9. The van der Waals surface area contributed by atoms with Gasteiger partial charge in [0.15, 0.2) is 6.29 Å². The molecule has 0 aromatic heterocycles. The van der Waals surface area contributed by atoms with Crippen LogP contribution in [0.25, 0.3) is 0 Å². The SMILES string of the molecule is CC(N)C(O)CCCCCCCC(=O)CCCCCCCCCCCCCCC(O)C(N)COC1OC(CO)C(O)C(O)C1O. The molecule has 0 aromatic rings. The van der Waals surface area contributed by atoms with Crippen molar-refractivity contribution >= 4 is 5.78 Å². The van der Waals surface area contributed by atoms with Crippen LogP contribution >= 0.6 is 0 Å². The van der Waals surface area contributed by atoms with Gasteiger partial charge in [-0.3, -0.25) is 4.79 Å². The van der Waals surface area contributed by atoms with Crippen LogP contribution in [-0.2, 0) is 14.3 Å². The summed E-state index contributed by atoms with van der Waals surface area (Å²) in [5.74, 6) is 0.403. The van der Waals surface area contributed by atoms with Crippen LogP contribution in [0.5, 0.6) is 0 Å². The van der Waals surface area contributed by atoms with E-state index < -0.39 is 55.6 Å². The zero-order valence-corrected chi connectivity index (χ0v) is 28.0. The Morgan fingerprint density at radius 1 is 0.667 bits per heavy atom. The molecule has 1 fully saturated rings. The minimum Gasteiger partial charge on any atom is -0.394 e. The van der Waals surface area contributed by atoms with Gasteiger partial charge in [-0.05, 0) is 32.6 Å². The van der Waals surface area contributed by atoms with E-state index in [1.165, 1.54) is 44.9 Å². The summed E-state index contributed by atoms with van der Waals surface area (Å²) in [6, 6.07) is -0.844. The fourth-order valence-electron chi connectivity index (χ4n) is 5.77. The number of carbonyl (C=O) groups excluding carboxylic acids is 1. The molecule has 45 heavy (non-hydrogen) atoms. The lowest BCUT2D eigenvalue weighted by Gasteiger charge is -2.40. The first-order valence-corrected chi connectivity index (χ1v) is 17.9. The molecular formula is C34H68N2O9. The van der Waals surface area contributed by atoms with E-state index in [2.05, 4.69) is 0 Å². The third-order valence-electron chi connectivity index (χ3n) is 9.06. The van der Waals surface area contributed by atoms with E-state index in [4.69, 9.17) is 20.9 Å². The standard InChI is InChI=1S/C34H68N2O9/c1-25(35)28(39)21-17-14-10-12-16-20-26(38)19-15-11-8-6-4-2-3-5-7-9-13-18-22-29(40)27(36)24-44-34-33(43)32(42)31(41)30(23-37)45-34/h25,27-34,37,39-43H,2-24,35-36H2,1H3. The van der Waals surface area contributed by atoms with Crippen molar-refractivity contribution in [2.24, 2.45) is 11.5 Å². The molecule has 9 atom stereocenters. The quantitative estimate of drug-likeness (QED) is 0.0553. The smallest absolute Gasteiger partial charge is 0.186 e. The molecule has 1 heterocycles. The average Bonchev–Trinajstić information content (AvgIpc) is 3.02. The van der Waals surface area contributed by atoms with Crippen molar-refractivity contribution < 1.29 is 44.9 Å². The number of hydrogen-bond acceptors (Lipinski definition) is 11. The van der Waals surface area contributed by atoms with Gasteiger partial charge in [0.25, 0.3) is 0 Å². The minimum atomic E-state index is -1.51. The molecule has 1 rings (SSSR count). The first kappa shape index (κ1) is 42.3. The van der Waals surface area contributed by atoms with Crippen LogP contribution in [0, 0.1) is 0 Å². The zero-order chi connectivity index (χ0) is 33.5. The molecule has 0 radical (unpaired) electrons. The maximum absolute atomic E-state index is 12.1. The van der Waals surface area contributed by atoms with Gasteiger partial charge in [0, 0.05) is 18.9 Å². The Morgan fingerprint density at radius 2 is 1.09 bits per heavy atom. The molecule has 1 aliphatic rings. The maximum Gasteiger partial charge on any atom is 0.186 e. The van der Waals surface area contributed by atoms with Gasteiger partial charge in [-0.1, -0.05) is 96.3 Å². The lowest BCUT2D eigenvalue weighted by Crippen LogP contribution is -2.59. The number of ether oxygens (including phenoxy) is 2. The fraction of sp³-hybridized carbons (Fsp3) is 0.971. The molecule has 11 nitrogen and oxygen atoms in total. The van der Waals surface area contributed by atoms with E-state index in [0.29, 0.717) is 18.6 Å². The lowest BCUT2D eigenvalue weighted by atomic mass is 9.99. The molecule has 268 valence electrons. The highest BCUT2D eigenvalue weighted by atomic mass is 16.7. The Morgan fingerprint density at radius 3 is 1.53 bits per heavy atom. The monoisotopic (exact) mass is 648 g/mol. The van der Waals surface area contributed by atoms with Crippen molar-refractivity contribution in [1.29, 1.82) is 0 Å². The Kier molecular flexibility index (Phi) is 24.7. The Hall–Kier alpha value is -0.730. The van der Waals surface area contributed by atoms with Gasteiger partial charge in [0.1, 0.15) is 30.2 Å². The summed E-state index contributed by atoms with van der Waals surface area (Å²) in [6.45, 7) is 1.21. The number of hydrogen-bond donors (Lipinski definition) is 8. The Balaban J connectivity index is 1.88. The summed E-state index contributed by atoms with van der Waals surface area (Å²) in [5.41, 5.74) is 11.7. The number of aliphatic hydroxyl groups is 6. The second-order valence-electron chi connectivity index (χ2n) is 13.3. The minimum absolute atomic E-state index is 0.0909. The van der Waals surface area contributed by atoms with Crippen molar-refractivity contribution in [2.45, 2.75) is 197 Å². The van der Waals surface area contributed by atoms with Gasteiger partial charge < -0.3 is 51.6 Å². The Labute approximate surface area is 272 Å². The topological polar surface area (TPSA) is 209 Å². The molecule has 0 aromatic carbocycles. The molecule has 0 aliphatic carbocycles. The number of ketones is 1. The highest BCUT2D eigenvalue weighted by molar-refractivity contribution is 5.78. The van der Waals surface area contributed by atoms with Crippen LogP contribution in [0.4, 0.5) is 0 Å². The normalized spacial score (nSPS) is 24.8. The molecule has 1 saturated heterocycles. The van der Waals surface area contributed by atoms with Gasteiger partial charge in [-0.25, -0.2) is 0 Å². The first-order valence-electron chi connectivity index (χ1n) is 17.9. The number of unbranched alkanes of at least 4 members (excludes halogenated alkanes) is 15. The number of Topliss-reactive ketones (excluding diaryl/α,β-unsaturated/α-hetero) is 1. The van der Waals surface area contributed by atoms with Crippen molar-refractivity contribution in [3.63, 3.8) is 0 Å². The first-order chi connectivity index (χ1) is 21.6.